The second-order valence-corrected chi connectivity index (χ2v) is 4.49. The van der Waals surface area contributed by atoms with Crippen molar-refractivity contribution in [2.45, 2.75) is 32.6 Å². The van der Waals surface area contributed by atoms with Crippen LogP contribution in [0.15, 0.2) is 18.5 Å². The molecule has 0 fully saturated rings. The van der Waals surface area contributed by atoms with Gasteiger partial charge >= 0.3 is 0 Å². The molecule has 0 atom stereocenters. The predicted octanol–water partition coefficient (Wildman–Crippen LogP) is 2.92. The van der Waals surface area contributed by atoms with Crippen molar-refractivity contribution in [3.8, 4) is 0 Å². The maximum Gasteiger partial charge on any atom is 0.252 e. The number of carbonyl (C=O) groups excluding carboxylic acids is 1. The van der Waals surface area contributed by atoms with E-state index in [-0.39, 0.29) is 5.91 Å². The normalized spacial score (nSPS) is 10.2. The average Bonchev–Trinajstić information content (AvgIpc) is 2.33. The number of unbranched alkanes of at least 4 members (excludes halogenated alkanes) is 3. The van der Waals surface area contributed by atoms with Crippen LogP contribution in [0.4, 0.5) is 0 Å². The first-order chi connectivity index (χ1) is 8.24. The molecule has 0 spiro atoms. The summed E-state index contributed by atoms with van der Waals surface area (Å²) in [5.41, 5.74) is 1.63. The first-order valence-corrected chi connectivity index (χ1v) is 6.53. The monoisotopic (exact) mass is 254 g/mol. The Kier molecular flexibility index (Phi) is 6.63. The van der Waals surface area contributed by atoms with E-state index in [1.807, 2.05) is 13.0 Å². The Morgan fingerprint density at radius 2 is 2.06 bits per heavy atom. The second kappa shape index (κ2) is 8.07. The molecule has 0 aromatic carbocycles. The van der Waals surface area contributed by atoms with Gasteiger partial charge in [0.1, 0.15) is 0 Å². The molecule has 0 bridgehead atoms. The SMILES string of the molecule is Cc1cncc(C(=O)NCCCCCCCl)c1. The van der Waals surface area contributed by atoms with Crippen LogP contribution in [0, 0.1) is 6.92 Å². The fourth-order valence-electron chi connectivity index (χ4n) is 1.56. The number of carbonyl (C=O) groups is 1. The lowest BCUT2D eigenvalue weighted by atomic mass is 10.2. The minimum Gasteiger partial charge on any atom is -0.352 e. The number of alkyl halides is 1. The molecule has 3 nitrogen and oxygen atoms in total. The van der Waals surface area contributed by atoms with Crippen molar-refractivity contribution in [2.24, 2.45) is 0 Å². The quantitative estimate of drug-likeness (QED) is 0.601. The van der Waals surface area contributed by atoms with E-state index >= 15 is 0 Å². The zero-order valence-electron chi connectivity index (χ0n) is 10.2. The van der Waals surface area contributed by atoms with Crippen LogP contribution in [0.1, 0.15) is 41.6 Å². The van der Waals surface area contributed by atoms with Crippen LogP contribution in [0.25, 0.3) is 0 Å². The number of hydrogen-bond donors (Lipinski definition) is 1. The van der Waals surface area contributed by atoms with Crippen LogP contribution in [0.5, 0.6) is 0 Å². The van der Waals surface area contributed by atoms with Crippen molar-refractivity contribution < 1.29 is 4.79 Å². The lowest BCUT2D eigenvalue weighted by molar-refractivity contribution is 0.0952. The van der Waals surface area contributed by atoms with Gasteiger partial charge in [-0.25, -0.2) is 0 Å². The molecule has 4 heteroatoms. The maximum absolute atomic E-state index is 11.7. The number of halogens is 1. The molecule has 17 heavy (non-hydrogen) atoms. The summed E-state index contributed by atoms with van der Waals surface area (Å²) in [6, 6.07) is 1.84. The molecule has 1 heterocycles. The lowest BCUT2D eigenvalue weighted by Crippen LogP contribution is -2.24. The van der Waals surface area contributed by atoms with Gasteiger partial charge in [0.25, 0.3) is 5.91 Å². The summed E-state index contributed by atoms with van der Waals surface area (Å²) in [6.07, 6.45) is 7.63. The van der Waals surface area contributed by atoms with Gasteiger partial charge in [-0.2, -0.15) is 0 Å². The second-order valence-electron chi connectivity index (χ2n) is 4.11. The van der Waals surface area contributed by atoms with E-state index < -0.39 is 0 Å². The van der Waals surface area contributed by atoms with Crippen LogP contribution in [0.2, 0.25) is 0 Å². The molecule has 1 amide bonds. The van der Waals surface area contributed by atoms with Crippen molar-refractivity contribution >= 4 is 17.5 Å². The van der Waals surface area contributed by atoms with Gasteiger partial charge in [0, 0.05) is 24.8 Å². The minimum absolute atomic E-state index is 0.0430. The van der Waals surface area contributed by atoms with Gasteiger partial charge in [-0.05, 0) is 31.4 Å². The van der Waals surface area contributed by atoms with Crippen LogP contribution < -0.4 is 5.32 Å². The molecule has 1 N–H and O–H groups in total. The van der Waals surface area contributed by atoms with E-state index in [0.29, 0.717) is 5.56 Å². The maximum atomic E-state index is 11.7. The standard InChI is InChI=1S/C13H19ClN2O/c1-11-8-12(10-15-9-11)13(17)16-7-5-3-2-4-6-14/h8-10H,2-7H2,1H3,(H,16,17). The van der Waals surface area contributed by atoms with Gasteiger partial charge in [-0.15, -0.1) is 11.6 Å². The Bertz CT molecular complexity index is 355. The van der Waals surface area contributed by atoms with E-state index in [0.717, 1.165) is 43.7 Å². The van der Waals surface area contributed by atoms with Crippen LogP contribution in [-0.2, 0) is 0 Å². The lowest BCUT2D eigenvalue weighted by Gasteiger charge is -2.05. The average molecular weight is 255 g/mol. The summed E-state index contributed by atoms with van der Waals surface area (Å²) in [5.74, 6) is 0.681. The fourth-order valence-corrected chi connectivity index (χ4v) is 1.75. The molecular formula is C13H19ClN2O. The van der Waals surface area contributed by atoms with Crippen LogP contribution in [-0.4, -0.2) is 23.3 Å². The molecule has 0 radical (unpaired) electrons. The molecule has 0 unspecified atom stereocenters. The van der Waals surface area contributed by atoms with Gasteiger partial charge in [0.05, 0.1) is 5.56 Å². The zero-order valence-corrected chi connectivity index (χ0v) is 11.0. The Morgan fingerprint density at radius 1 is 1.29 bits per heavy atom. The van der Waals surface area contributed by atoms with Crippen LogP contribution >= 0.6 is 11.6 Å². The number of aromatic nitrogens is 1. The molecule has 0 aliphatic heterocycles. The molecule has 0 aliphatic rings. The van der Waals surface area contributed by atoms with Crippen molar-refractivity contribution in [3.05, 3.63) is 29.6 Å². The first-order valence-electron chi connectivity index (χ1n) is 6.00. The number of amides is 1. The van der Waals surface area contributed by atoms with Gasteiger partial charge in [-0.1, -0.05) is 12.8 Å². The topological polar surface area (TPSA) is 42.0 Å². The highest BCUT2D eigenvalue weighted by atomic mass is 35.5. The Hall–Kier alpha value is -1.09. The summed E-state index contributed by atoms with van der Waals surface area (Å²) < 4.78 is 0. The van der Waals surface area contributed by atoms with E-state index in [1.165, 1.54) is 0 Å². The molecular weight excluding hydrogens is 236 g/mol. The number of nitrogens with zero attached hydrogens (tertiary/aromatic N) is 1. The number of rotatable bonds is 7. The number of aryl methyl sites for hydroxylation is 1. The first kappa shape index (κ1) is 14.0. The summed E-state index contributed by atoms with van der Waals surface area (Å²) in [6.45, 7) is 2.64. The molecule has 1 rings (SSSR count). The Morgan fingerprint density at radius 3 is 2.76 bits per heavy atom. The van der Waals surface area contributed by atoms with Crippen molar-refractivity contribution in [2.75, 3.05) is 12.4 Å². The Labute approximate surface area is 108 Å². The minimum atomic E-state index is -0.0430. The van der Waals surface area contributed by atoms with Gasteiger partial charge in [0.2, 0.25) is 0 Å². The van der Waals surface area contributed by atoms with E-state index in [9.17, 15) is 4.79 Å². The van der Waals surface area contributed by atoms with Crippen molar-refractivity contribution in [3.63, 3.8) is 0 Å². The van der Waals surface area contributed by atoms with Crippen LogP contribution in [0.3, 0.4) is 0 Å². The molecule has 0 aliphatic carbocycles. The fraction of sp³-hybridized carbons (Fsp3) is 0.538. The van der Waals surface area contributed by atoms with E-state index in [4.69, 9.17) is 11.6 Å². The zero-order chi connectivity index (χ0) is 12.5. The third kappa shape index (κ3) is 5.68. The summed E-state index contributed by atoms with van der Waals surface area (Å²) >= 11 is 5.58. The third-order valence-corrected chi connectivity index (χ3v) is 2.75. The predicted molar refractivity (Wildman–Crippen MR) is 70.5 cm³/mol. The number of nitrogens with one attached hydrogen (secondary N) is 1. The molecule has 1 aromatic heterocycles. The summed E-state index contributed by atoms with van der Waals surface area (Å²) in [7, 11) is 0. The third-order valence-electron chi connectivity index (χ3n) is 2.48. The summed E-state index contributed by atoms with van der Waals surface area (Å²) in [5, 5.41) is 2.89. The highest BCUT2D eigenvalue weighted by molar-refractivity contribution is 6.17. The largest absolute Gasteiger partial charge is 0.352 e. The van der Waals surface area contributed by atoms with Gasteiger partial charge < -0.3 is 5.32 Å². The molecule has 0 saturated heterocycles. The van der Waals surface area contributed by atoms with Crippen molar-refractivity contribution in [1.29, 1.82) is 0 Å². The highest BCUT2D eigenvalue weighted by Crippen LogP contribution is 2.02. The molecule has 1 aromatic rings. The molecule has 94 valence electrons. The summed E-state index contributed by atoms with van der Waals surface area (Å²) in [4.78, 5) is 15.7. The number of pyridine rings is 1. The van der Waals surface area contributed by atoms with Gasteiger partial charge in [0.15, 0.2) is 0 Å². The number of hydrogen-bond acceptors (Lipinski definition) is 2. The van der Waals surface area contributed by atoms with Crippen molar-refractivity contribution in [1.82, 2.24) is 10.3 Å². The van der Waals surface area contributed by atoms with E-state index in [1.54, 1.807) is 12.4 Å². The highest BCUT2D eigenvalue weighted by Gasteiger charge is 2.04. The smallest absolute Gasteiger partial charge is 0.252 e. The van der Waals surface area contributed by atoms with Gasteiger partial charge in [-0.3, -0.25) is 9.78 Å². The Balaban J connectivity index is 2.21. The molecule has 0 saturated carbocycles. The van der Waals surface area contributed by atoms with E-state index in [2.05, 4.69) is 10.3 Å².